The monoisotopic (exact) mass is 480 g/mol. The van der Waals surface area contributed by atoms with Crippen molar-refractivity contribution in [3.8, 4) is 0 Å². The van der Waals surface area contributed by atoms with Gasteiger partial charge in [0.15, 0.2) is 0 Å². The zero-order chi connectivity index (χ0) is 24.7. The van der Waals surface area contributed by atoms with Crippen molar-refractivity contribution >= 4 is 23.2 Å². The molecule has 3 aromatic rings. The Bertz CT molecular complexity index is 1040. The van der Waals surface area contributed by atoms with E-state index in [0.717, 1.165) is 73.9 Å². The van der Waals surface area contributed by atoms with Gasteiger partial charge in [-0.25, -0.2) is 0 Å². The van der Waals surface area contributed by atoms with Gasteiger partial charge in [-0.05, 0) is 74.2 Å². The average molecular weight is 481 g/mol. The third-order valence-corrected chi connectivity index (χ3v) is 7.76. The predicted molar refractivity (Wildman–Crippen MR) is 147 cm³/mol. The molecule has 2 fully saturated rings. The quantitative estimate of drug-likeness (QED) is 0.364. The summed E-state index contributed by atoms with van der Waals surface area (Å²) in [5, 5.41) is 0. The summed E-state index contributed by atoms with van der Waals surface area (Å²) in [6.07, 6.45) is 11.2. The van der Waals surface area contributed by atoms with Crippen LogP contribution in [0.3, 0.4) is 0 Å². The molecule has 0 bridgehead atoms. The normalized spacial score (nSPS) is 16.9. The van der Waals surface area contributed by atoms with Gasteiger partial charge in [0, 0.05) is 34.6 Å². The number of anilines is 2. The Hall–Kier alpha value is -3.40. The highest BCUT2D eigenvalue weighted by atomic mass is 16.2. The maximum absolute atomic E-state index is 13.7. The SMILES string of the molecule is O=C(c1ccccc1)N(c1ccc(N(C(=O)c2ccccc2)C2CCCCC2)cc1)C1CCCCC1. The van der Waals surface area contributed by atoms with E-state index in [1.807, 2.05) is 94.7 Å². The molecule has 4 nitrogen and oxygen atoms in total. The zero-order valence-electron chi connectivity index (χ0n) is 21.0. The first-order chi connectivity index (χ1) is 17.7. The number of rotatable bonds is 6. The Balaban J connectivity index is 1.47. The second-order valence-corrected chi connectivity index (χ2v) is 10.2. The summed E-state index contributed by atoms with van der Waals surface area (Å²) in [4.78, 5) is 31.3. The lowest BCUT2D eigenvalue weighted by atomic mass is 9.92. The lowest BCUT2D eigenvalue weighted by Gasteiger charge is -2.36. The van der Waals surface area contributed by atoms with E-state index >= 15 is 0 Å². The van der Waals surface area contributed by atoms with Crippen molar-refractivity contribution in [3.05, 3.63) is 96.1 Å². The lowest BCUT2D eigenvalue weighted by Crippen LogP contribution is -2.42. The van der Waals surface area contributed by atoms with E-state index in [1.165, 1.54) is 12.8 Å². The number of amides is 2. The first-order valence-corrected chi connectivity index (χ1v) is 13.6. The molecule has 36 heavy (non-hydrogen) atoms. The molecule has 0 saturated heterocycles. The fraction of sp³-hybridized carbons (Fsp3) is 0.375. The lowest BCUT2D eigenvalue weighted by molar-refractivity contribution is 0.0962. The third kappa shape index (κ3) is 5.38. The molecule has 2 aliphatic rings. The molecule has 0 N–H and O–H groups in total. The summed E-state index contributed by atoms with van der Waals surface area (Å²) in [6, 6.07) is 27.8. The molecule has 2 amide bonds. The number of hydrogen-bond acceptors (Lipinski definition) is 2. The van der Waals surface area contributed by atoms with Gasteiger partial charge in [0.1, 0.15) is 0 Å². The van der Waals surface area contributed by atoms with E-state index in [-0.39, 0.29) is 23.9 Å². The number of carbonyl (C=O) groups is 2. The first kappa shape index (κ1) is 24.3. The van der Waals surface area contributed by atoms with Crippen molar-refractivity contribution in [1.29, 1.82) is 0 Å². The molecule has 0 radical (unpaired) electrons. The Morgan fingerprint density at radius 1 is 0.472 bits per heavy atom. The van der Waals surface area contributed by atoms with Crippen molar-refractivity contribution in [2.75, 3.05) is 9.80 Å². The molecule has 2 aliphatic carbocycles. The largest absolute Gasteiger partial charge is 0.305 e. The van der Waals surface area contributed by atoms with Crippen LogP contribution in [0, 0.1) is 0 Å². The molecule has 0 atom stereocenters. The van der Waals surface area contributed by atoms with Gasteiger partial charge in [-0.2, -0.15) is 0 Å². The second-order valence-electron chi connectivity index (χ2n) is 10.2. The molecular weight excluding hydrogens is 444 g/mol. The van der Waals surface area contributed by atoms with Crippen LogP contribution in [0.4, 0.5) is 11.4 Å². The van der Waals surface area contributed by atoms with Crippen molar-refractivity contribution < 1.29 is 9.59 Å². The minimum Gasteiger partial charge on any atom is -0.305 e. The van der Waals surface area contributed by atoms with Gasteiger partial charge >= 0.3 is 0 Å². The van der Waals surface area contributed by atoms with Gasteiger partial charge in [-0.15, -0.1) is 0 Å². The Labute approximate surface area is 214 Å². The number of benzene rings is 3. The fourth-order valence-electron chi connectivity index (χ4n) is 5.88. The zero-order valence-corrected chi connectivity index (χ0v) is 21.0. The van der Waals surface area contributed by atoms with Crippen LogP contribution in [-0.4, -0.2) is 23.9 Å². The molecule has 5 rings (SSSR count). The van der Waals surface area contributed by atoms with E-state index in [9.17, 15) is 9.59 Å². The maximum Gasteiger partial charge on any atom is 0.258 e. The van der Waals surface area contributed by atoms with Gasteiger partial charge in [-0.3, -0.25) is 9.59 Å². The van der Waals surface area contributed by atoms with Crippen molar-refractivity contribution in [1.82, 2.24) is 0 Å². The van der Waals surface area contributed by atoms with Crippen molar-refractivity contribution in [3.63, 3.8) is 0 Å². The van der Waals surface area contributed by atoms with Crippen molar-refractivity contribution in [2.45, 2.75) is 76.3 Å². The highest BCUT2D eigenvalue weighted by Crippen LogP contribution is 2.33. The number of hydrogen-bond donors (Lipinski definition) is 0. The molecule has 0 unspecified atom stereocenters. The topological polar surface area (TPSA) is 40.6 Å². The van der Waals surface area contributed by atoms with E-state index in [2.05, 4.69) is 0 Å². The fourth-order valence-corrected chi connectivity index (χ4v) is 5.88. The number of carbonyl (C=O) groups excluding carboxylic acids is 2. The Kier molecular flexibility index (Phi) is 7.80. The standard InChI is InChI=1S/C32H36N2O2/c35-31(25-13-5-1-6-14-25)33(27-17-9-3-10-18-27)29-21-23-30(24-22-29)34(28-19-11-4-12-20-28)32(36)26-15-7-2-8-16-26/h1-2,5-8,13-16,21-24,27-28H,3-4,9-12,17-20H2. The first-order valence-electron chi connectivity index (χ1n) is 13.6. The molecule has 186 valence electrons. The highest BCUT2D eigenvalue weighted by Gasteiger charge is 2.30. The molecule has 0 aromatic heterocycles. The van der Waals surface area contributed by atoms with Gasteiger partial charge in [0.2, 0.25) is 0 Å². The summed E-state index contributed by atoms with van der Waals surface area (Å²) < 4.78 is 0. The minimum absolute atomic E-state index is 0.0553. The summed E-state index contributed by atoms with van der Waals surface area (Å²) in [7, 11) is 0. The van der Waals surface area contributed by atoms with Gasteiger partial charge in [-0.1, -0.05) is 74.9 Å². The van der Waals surface area contributed by atoms with Crippen LogP contribution >= 0.6 is 0 Å². The van der Waals surface area contributed by atoms with Crippen LogP contribution in [0.1, 0.15) is 84.9 Å². The third-order valence-electron chi connectivity index (χ3n) is 7.76. The average Bonchev–Trinajstić information content (AvgIpc) is 2.96. The van der Waals surface area contributed by atoms with E-state index < -0.39 is 0 Å². The molecule has 0 heterocycles. The summed E-state index contributed by atoms with van der Waals surface area (Å²) >= 11 is 0. The summed E-state index contributed by atoms with van der Waals surface area (Å²) in [6.45, 7) is 0. The molecule has 2 saturated carbocycles. The molecule has 0 aliphatic heterocycles. The van der Waals surface area contributed by atoms with Crippen molar-refractivity contribution in [2.24, 2.45) is 0 Å². The van der Waals surface area contributed by atoms with Crippen LogP contribution in [0.2, 0.25) is 0 Å². The van der Waals surface area contributed by atoms with Crippen LogP contribution in [0.25, 0.3) is 0 Å². The molecular formula is C32H36N2O2. The maximum atomic E-state index is 13.7. The molecule has 3 aromatic carbocycles. The predicted octanol–water partition coefficient (Wildman–Crippen LogP) is 7.65. The van der Waals surface area contributed by atoms with Crippen LogP contribution in [0.5, 0.6) is 0 Å². The van der Waals surface area contributed by atoms with Crippen LogP contribution in [-0.2, 0) is 0 Å². The van der Waals surface area contributed by atoms with Gasteiger partial charge in [0.05, 0.1) is 0 Å². The van der Waals surface area contributed by atoms with E-state index in [1.54, 1.807) is 0 Å². The smallest absolute Gasteiger partial charge is 0.258 e. The summed E-state index contributed by atoms with van der Waals surface area (Å²) in [5.74, 6) is 0.111. The second kappa shape index (κ2) is 11.6. The van der Waals surface area contributed by atoms with Gasteiger partial charge < -0.3 is 9.80 Å². The highest BCUT2D eigenvalue weighted by molar-refractivity contribution is 6.08. The Morgan fingerprint density at radius 3 is 1.14 bits per heavy atom. The minimum atomic E-state index is 0.0553. The summed E-state index contributed by atoms with van der Waals surface area (Å²) in [5.41, 5.74) is 3.26. The van der Waals surface area contributed by atoms with Gasteiger partial charge in [0.25, 0.3) is 11.8 Å². The Morgan fingerprint density at radius 2 is 0.806 bits per heavy atom. The molecule has 4 heteroatoms. The van der Waals surface area contributed by atoms with E-state index in [0.29, 0.717) is 0 Å². The van der Waals surface area contributed by atoms with Crippen LogP contribution < -0.4 is 9.80 Å². The van der Waals surface area contributed by atoms with Crippen LogP contribution in [0.15, 0.2) is 84.9 Å². The van der Waals surface area contributed by atoms with E-state index in [4.69, 9.17) is 0 Å². The molecule has 0 spiro atoms. The number of nitrogens with zero attached hydrogens (tertiary/aromatic N) is 2.